The van der Waals surface area contributed by atoms with E-state index >= 15 is 0 Å². The van der Waals surface area contributed by atoms with E-state index in [0.29, 0.717) is 0 Å². The second-order valence-corrected chi connectivity index (χ2v) is 8.36. The van der Waals surface area contributed by atoms with E-state index in [9.17, 15) is 5.11 Å². The molecule has 3 aromatic carbocycles. The number of aliphatic hydroxyl groups is 1. The number of aryl methyl sites for hydroxylation is 2. The Kier molecular flexibility index (Phi) is 6.09. The van der Waals surface area contributed by atoms with Crippen molar-refractivity contribution in [2.75, 3.05) is 6.61 Å². The van der Waals surface area contributed by atoms with Crippen LogP contribution in [0.3, 0.4) is 0 Å². The third kappa shape index (κ3) is 4.10. The molecular formula is C29H29N3O. The lowest BCUT2D eigenvalue weighted by atomic mass is 10.0. The Morgan fingerprint density at radius 2 is 1.42 bits per heavy atom. The number of imidazole rings is 2. The number of rotatable bonds is 8. The minimum absolute atomic E-state index is 0.205. The van der Waals surface area contributed by atoms with Crippen LogP contribution in [0.2, 0.25) is 0 Å². The van der Waals surface area contributed by atoms with E-state index in [1.807, 2.05) is 12.1 Å². The molecule has 5 rings (SSSR count). The van der Waals surface area contributed by atoms with Gasteiger partial charge < -0.3 is 9.67 Å². The van der Waals surface area contributed by atoms with E-state index in [2.05, 4.69) is 94.9 Å². The number of aliphatic hydroxyl groups excluding tert-OH is 1. The summed E-state index contributed by atoms with van der Waals surface area (Å²) in [5.74, 6) is 0.931. The highest BCUT2D eigenvalue weighted by Crippen LogP contribution is 2.35. The molecule has 166 valence electrons. The average molecular weight is 436 g/mol. The van der Waals surface area contributed by atoms with E-state index in [0.717, 1.165) is 59.8 Å². The van der Waals surface area contributed by atoms with Crippen LogP contribution in [-0.4, -0.2) is 25.7 Å². The van der Waals surface area contributed by atoms with E-state index in [1.165, 1.54) is 11.1 Å². The summed E-state index contributed by atoms with van der Waals surface area (Å²) in [5, 5.41) is 9.37. The van der Waals surface area contributed by atoms with Crippen molar-refractivity contribution in [1.29, 1.82) is 0 Å². The van der Waals surface area contributed by atoms with Crippen molar-refractivity contribution in [2.45, 2.75) is 32.7 Å². The molecule has 0 saturated heterocycles. The van der Waals surface area contributed by atoms with Gasteiger partial charge in [-0.15, -0.1) is 0 Å². The summed E-state index contributed by atoms with van der Waals surface area (Å²) in [6.45, 7) is 3.19. The quantitative estimate of drug-likeness (QED) is 0.284. The molecule has 0 unspecified atom stereocenters. The summed E-state index contributed by atoms with van der Waals surface area (Å²) in [6, 6.07) is 29.7. The Morgan fingerprint density at radius 1 is 0.758 bits per heavy atom. The second kappa shape index (κ2) is 9.47. The fourth-order valence-corrected chi connectivity index (χ4v) is 4.45. The fraction of sp³-hybridized carbons (Fsp3) is 0.207. The number of aromatic nitrogens is 3. The van der Waals surface area contributed by atoms with Crippen molar-refractivity contribution in [3.8, 4) is 33.8 Å². The summed E-state index contributed by atoms with van der Waals surface area (Å²) in [4.78, 5) is 5.18. The Labute approximate surface area is 194 Å². The molecule has 4 heteroatoms. The number of hydrogen-bond donors (Lipinski definition) is 1. The summed E-state index contributed by atoms with van der Waals surface area (Å²) in [6.07, 6.45) is 4.92. The molecule has 4 nitrogen and oxygen atoms in total. The van der Waals surface area contributed by atoms with Gasteiger partial charge in [0.05, 0.1) is 17.1 Å². The molecule has 1 N–H and O–H groups in total. The predicted molar refractivity (Wildman–Crippen MR) is 135 cm³/mol. The first-order chi connectivity index (χ1) is 16.3. The van der Waals surface area contributed by atoms with Gasteiger partial charge in [0.25, 0.3) is 0 Å². The van der Waals surface area contributed by atoms with Crippen LogP contribution in [0.25, 0.3) is 39.5 Å². The van der Waals surface area contributed by atoms with Crippen molar-refractivity contribution in [2.24, 2.45) is 0 Å². The molecule has 5 aromatic rings. The zero-order valence-electron chi connectivity index (χ0n) is 19.0. The van der Waals surface area contributed by atoms with Crippen LogP contribution >= 0.6 is 0 Å². The first kappa shape index (κ1) is 21.2. The molecule has 0 saturated carbocycles. The Bertz CT molecular complexity index is 1330. The molecule has 2 heterocycles. The first-order valence-electron chi connectivity index (χ1n) is 11.7. The second-order valence-electron chi connectivity index (χ2n) is 8.36. The summed E-state index contributed by atoms with van der Waals surface area (Å²) >= 11 is 0. The van der Waals surface area contributed by atoms with Crippen LogP contribution < -0.4 is 0 Å². The molecule has 33 heavy (non-hydrogen) atoms. The van der Waals surface area contributed by atoms with Crippen LogP contribution in [0, 0.1) is 0 Å². The number of hydrogen-bond acceptors (Lipinski definition) is 2. The predicted octanol–water partition coefficient (Wildman–Crippen LogP) is 6.47. The molecule has 0 amide bonds. The third-order valence-corrected chi connectivity index (χ3v) is 6.22. The van der Waals surface area contributed by atoms with E-state index < -0.39 is 0 Å². The van der Waals surface area contributed by atoms with Crippen LogP contribution in [-0.2, 0) is 13.0 Å². The molecule has 0 radical (unpaired) electrons. The van der Waals surface area contributed by atoms with Gasteiger partial charge in [0.15, 0.2) is 0 Å². The largest absolute Gasteiger partial charge is 0.396 e. The molecule has 0 bridgehead atoms. The molecule has 0 atom stereocenters. The van der Waals surface area contributed by atoms with Gasteiger partial charge in [-0.25, -0.2) is 4.98 Å². The maximum atomic E-state index is 9.37. The lowest BCUT2D eigenvalue weighted by molar-refractivity contribution is 0.281. The molecular weight excluding hydrogens is 406 g/mol. The SMILES string of the molecule is CCc1ccc(-c2cn3c(-c4ccccc4)c(-c4ccccc4)nc3n2CCCCO)cc1. The zero-order valence-corrected chi connectivity index (χ0v) is 19.0. The van der Waals surface area contributed by atoms with Crippen LogP contribution in [0.5, 0.6) is 0 Å². The van der Waals surface area contributed by atoms with Crippen molar-refractivity contribution in [1.82, 2.24) is 14.0 Å². The lowest BCUT2D eigenvalue weighted by Gasteiger charge is -2.09. The normalized spacial score (nSPS) is 11.3. The molecule has 0 spiro atoms. The first-order valence-corrected chi connectivity index (χ1v) is 11.7. The van der Waals surface area contributed by atoms with Gasteiger partial charge in [0.2, 0.25) is 5.78 Å². The summed E-state index contributed by atoms with van der Waals surface area (Å²) in [7, 11) is 0. The van der Waals surface area contributed by atoms with Crippen LogP contribution in [0.1, 0.15) is 25.3 Å². The smallest absolute Gasteiger partial charge is 0.215 e. The maximum Gasteiger partial charge on any atom is 0.215 e. The van der Waals surface area contributed by atoms with Gasteiger partial charge in [0, 0.05) is 30.5 Å². The van der Waals surface area contributed by atoms with Crippen molar-refractivity contribution >= 4 is 5.78 Å². The zero-order chi connectivity index (χ0) is 22.6. The van der Waals surface area contributed by atoms with Gasteiger partial charge in [0.1, 0.15) is 0 Å². The molecule has 0 aliphatic carbocycles. The molecule has 2 aromatic heterocycles. The number of fused-ring (bicyclic) bond motifs is 1. The number of unbranched alkanes of at least 4 members (excludes halogenated alkanes) is 1. The van der Waals surface area contributed by atoms with Crippen LogP contribution in [0.15, 0.2) is 91.1 Å². The fourth-order valence-electron chi connectivity index (χ4n) is 4.45. The van der Waals surface area contributed by atoms with Gasteiger partial charge in [-0.1, -0.05) is 91.9 Å². The molecule has 0 fully saturated rings. The average Bonchev–Trinajstić information content (AvgIpc) is 3.42. The van der Waals surface area contributed by atoms with Crippen LogP contribution in [0.4, 0.5) is 0 Å². The minimum Gasteiger partial charge on any atom is -0.396 e. The molecule has 0 aliphatic rings. The third-order valence-electron chi connectivity index (χ3n) is 6.22. The van der Waals surface area contributed by atoms with E-state index in [4.69, 9.17) is 4.98 Å². The summed E-state index contributed by atoms with van der Waals surface area (Å²) in [5.41, 5.74) is 8.00. The van der Waals surface area contributed by atoms with E-state index in [-0.39, 0.29) is 6.61 Å². The number of benzene rings is 3. The van der Waals surface area contributed by atoms with Crippen molar-refractivity contribution < 1.29 is 5.11 Å². The van der Waals surface area contributed by atoms with Gasteiger partial charge >= 0.3 is 0 Å². The van der Waals surface area contributed by atoms with Crippen molar-refractivity contribution in [3.63, 3.8) is 0 Å². The van der Waals surface area contributed by atoms with E-state index in [1.54, 1.807) is 0 Å². The minimum atomic E-state index is 0.205. The topological polar surface area (TPSA) is 42.5 Å². The molecule has 0 aliphatic heterocycles. The van der Waals surface area contributed by atoms with Gasteiger partial charge in [-0.2, -0.15) is 0 Å². The highest BCUT2D eigenvalue weighted by molar-refractivity contribution is 5.82. The highest BCUT2D eigenvalue weighted by Gasteiger charge is 2.21. The maximum absolute atomic E-state index is 9.37. The standard InChI is InChI=1S/C29H29N3O/c1-2-22-15-17-23(18-16-22)26-21-32-28(25-13-7-4-8-14-25)27(24-11-5-3-6-12-24)30-29(32)31(26)19-9-10-20-33/h3-8,11-18,21,33H,2,9-10,19-20H2,1H3. The number of nitrogens with zero attached hydrogens (tertiary/aromatic N) is 3. The monoisotopic (exact) mass is 435 g/mol. The lowest BCUT2D eigenvalue weighted by Crippen LogP contribution is -2.02. The van der Waals surface area contributed by atoms with Gasteiger partial charge in [-0.05, 0) is 30.4 Å². The Hall–Kier alpha value is -3.63. The Morgan fingerprint density at radius 3 is 2.06 bits per heavy atom. The van der Waals surface area contributed by atoms with Crippen molar-refractivity contribution in [3.05, 3.63) is 96.7 Å². The summed E-state index contributed by atoms with van der Waals surface area (Å²) < 4.78 is 4.54. The Balaban J connectivity index is 1.75. The highest BCUT2D eigenvalue weighted by atomic mass is 16.2. The van der Waals surface area contributed by atoms with Gasteiger partial charge in [-0.3, -0.25) is 4.40 Å².